The summed E-state index contributed by atoms with van der Waals surface area (Å²) in [6.07, 6.45) is -0.579. The van der Waals surface area contributed by atoms with Crippen molar-refractivity contribution in [2.24, 2.45) is 5.18 Å². The molecule has 0 aliphatic rings. The van der Waals surface area contributed by atoms with Crippen LogP contribution in [0.15, 0.2) is 23.4 Å². The van der Waals surface area contributed by atoms with Gasteiger partial charge in [-0.15, -0.1) is 4.91 Å². The van der Waals surface area contributed by atoms with Gasteiger partial charge in [-0.3, -0.25) is 0 Å². The minimum absolute atomic E-state index is 0.282. The molecule has 1 rings (SSSR count). The summed E-state index contributed by atoms with van der Waals surface area (Å²) in [6, 6.07) is 3.49. The number of alkyl carbamates (subject to hydrolysis) is 1. The molecule has 1 aromatic rings. The smallest absolute Gasteiger partial charge is 0.408 e. The Bertz CT molecular complexity index is 483. The minimum atomic E-state index is -0.691. The van der Waals surface area contributed by atoms with Crippen LogP contribution >= 0.6 is 0 Å². The number of hydrogen-bond acceptors (Lipinski definition) is 4. The summed E-state index contributed by atoms with van der Waals surface area (Å²) in [6.45, 7) is 6.96. The molecule has 1 aromatic carbocycles. The first-order chi connectivity index (χ1) is 8.73. The monoisotopic (exact) mass is 268 g/mol. The van der Waals surface area contributed by atoms with Gasteiger partial charge in [-0.25, -0.2) is 9.18 Å². The molecule has 104 valence electrons. The summed E-state index contributed by atoms with van der Waals surface area (Å²) >= 11 is 0. The predicted molar refractivity (Wildman–Crippen MR) is 69.6 cm³/mol. The molecule has 0 saturated heterocycles. The maximum absolute atomic E-state index is 13.1. The number of nitrogens with zero attached hydrogens (tertiary/aromatic N) is 1. The van der Waals surface area contributed by atoms with E-state index >= 15 is 0 Å². The van der Waals surface area contributed by atoms with E-state index in [2.05, 4.69) is 10.5 Å². The number of hydrogen-bond donors (Lipinski definition) is 1. The molecular formula is C13H17FN2O3. The van der Waals surface area contributed by atoms with E-state index in [0.29, 0.717) is 5.56 Å². The van der Waals surface area contributed by atoms with Crippen LogP contribution in [0.5, 0.6) is 0 Å². The molecule has 0 aromatic heterocycles. The molecule has 0 spiro atoms. The summed E-state index contributed by atoms with van der Waals surface area (Å²) in [4.78, 5) is 22.0. The lowest BCUT2D eigenvalue weighted by molar-refractivity contribution is 0.0508. The van der Waals surface area contributed by atoms with Crippen LogP contribution in [0.4, 0.5) is 14.9 Å². The average molecular weight is 268 g/mol. The first-order valence-electron chi connectivity index (χ1n) is 5.85. The number of carbonyl (C=O) groups is 1. The maximum Gasteiger partial charge on any atom is 0.408 e. The molecule has 0 aliphatic heterocycles. The van der Waals surface area contributed by atoms with Gasteiger partial charge in [0, 0.05) is 0 Å². The number of halogens is 1. The molecule has 0 heterocycles. The Labute approximate surface area is 111 Å². The van der Waals surface area contributed by atoms with Gasteiger partial charge >= 0.3 is 6.09 Å². The van der Waals surface area contributed by atoms with Crippen LogP contribution in [0, 0.1) is 10.7 Å². The van der Waals surface area contributed by atoms with Crippen LogP contribution in [0.3, 0.4) is 0 Å². The van der Waals surface area contributed by atoms with Gasteiger partial charge in [-0.2, -0.15) is 0 Å². The Morgan fingerprint density at radius 1 is 1.42 bits per heavy atom. The minimum Gasteiger partial charge on any atom is -0.444 e. The zero-order valence-corrected chi connectivity index (χ0v) is 11.4. The fourth-order valence-electron chi connectivity index (χ4n) is 1.44. The third-order valence-electron chi connectivity index (χ3n) is 2.30. The molecule has 0 aliphatic carbocycles. The Morgan fingerprint density at radius 2 is 2.05 bits per heavy atom. The molecule has 1 amide bonds. The van der Waals surface area contributed by atoms with Crippen LogP contribution in [0.25, 0.3) is 0 Å². The quantitative estimate of drug-likeness (QED) is 0.847. The Hall–Kier alpha value is -1.98. The highest BCUT2D eigenvalue weighted by molar-refractivity contribution is 5.68. The molecule has 5 nitrogen and oxygen atoms in total. The SMILES string of the molecule is CC(NC(=O)OC(C)(C)C)c1ccc(F)c(N=O)c1. The molecule has 0 fully saturated rings. The number of nitrogens with one attached hydrogen (secondary N) is 1. The molecule has 1 unspecified atom stereocenters. The van der Waals surface area contributed by atoms with Crippen LogP contribution in [0.1, 0.15) is 39.3 Å². The summed E-state index contributed by atoms with van der Waals surface area (Å²) in [5.41, 5.74) is -0.306. The molecule has 0 radical (unpaired) electrons. The number of carbonyl (C=O) groups excluding carboxylic acids is 1. The van der Waals surface area contributed by atoms with Crippen molar-refractivity contribution < 1.29 is 13.9 Å². The molecule has 1 N–H and O–H groups in total. The van der Waals surface area contributed by atoms with Crippen LogP contribution in [0.2, 0.25) is 0 Å². The number of rotatable bonds is 3. The van der Waals surface area contributed by atoms with E-state index in [0.717, 1.165) is 6.07 Å². The predicted octanol–water partition coefficient (Wildman–Crippen LogP) is 3.81. The summed E-state index contributed by atoms with van der Waals surface area (Å²) in [5, 5.41) is 5.18. The highest BCUT2D eigenvalue weighted by atomic mass is 19.1. The van der Waals surface area contributed by atoms with E-state index in [1.165, 1.54) is 12.1 Å². The van der Waals surface area contributed by atoms with E-state index in [9.17, 15) is 14.1 Å². The highest BCUT2D eigenvalue weighted by Crippen LogP contribution is 2.23. The third kappa shape index (κ3) is 4.65. The number of amides is 1. The topological polar surface area (TPSA) is 67.8 Å². The number of benzene rings is 1. The Balaban J connectivity index is 2.76. The van der Waals surface area contributed by atoms with E-state index in [4.69, 9.17) is 4.74 Å². The van der Waals surface area contributed by atoms with E-state index in [1.807, 2.05) is 0 Å². The molecule has 0 saturated carbocycles. The van der Waals surface area contributed by atoms with Crippen molar-refractivity contribution in [3.63, 3.8) is 0 Å². The van der Waals surface area contributed by atoms with Crippen molar-refractivity contribution in [1.82, 2.24) is 5.32 Å². The maximum atomic E-state index is 13.1. The zero-order valence-electron chi connectivity index (χ0n) is 11.4. The van der Waals surface area contributed by atoms with Gasteiger partial charge in [0.1, 0.15) is 11.3 Å². The summed E-state index contributed by atoms with van der Waals surface area (Å²) < 4.78 is 18.2. The lowest BCUT2D eigenvalue weighted by Gasteiger charge is -2.22. The molecular weight excluding hydrogens is 251 g/mol. The van der Waals surface area contributed by atoms with Gasteiger partial charge in [-0.1, -0.05) is 6.07 Å². The summed E-state index contributed by atoms with van der Waals surface area (Å²) in [5.74, 6) is -0.691. The van der Waals surface area contributed by atoms with Gasteiger partial charge in [-0.05, 0) is 50.6 Å². The van der Waals surface area contributed by atoms with Gasteiger partial charge < -0.3 is 10.1 Å². The fraction of sp³-hybridized carbons (Fsp3) is 0.462. The first kappa shape index (κ1) is 15.1. The first-order valence-corrected chi connectivity index (χ1v) is 5.85. The molecule has 1 atom stereocenters. The normalized spacial score (nSPS) is 12.7. The molecule has 0 bridgehead atoms. The molecule has 19 heavy (non-hydrogen) atoms. The second-order valence-electron chi connectivity index (χ2n) is 5.17. The van der Waals surface area contributed by atoms with Gasteiger partial charge in [0.2, 0.25) is 0 Å². The summed E-state index contributed by atoms with van der Waals surface area (Å²) in [7, 11) is 0. The van der Waals surface area contributed by atoms with Crippen molar-refractivity contribution in [2.45, 2.75) is 39.3 Å². The number of nitroso groups, excluding NO2 is 1. The van der Waals surface area contributed by atoms with Crippen molar-refractivity contribution in [3.05, 3.63) is 34.5 Å². The van der Waals surface area contributed by atoms with Crippen molar-refractivity contribution in [2.75, 3.05) is 0 Å². The van der Waals surface area contributed by atoms with E-state index in [1.54, 1.807) is 27.7 Å². The Morgan fingerprint density at radius 3 is 2.58 bits per heavy atom. The zero-order chi connectivity index (χ0) is 14.6. The van der Waals surface area contributed by atoms with Crippen molar-refractivity contribution in [1.29, 1.82) is 0 Å². The van der Waals surface area contributed by atoms with Crippen molar-refractivity contribution in [3.8, 4) is 0 Å². The van der Waals surface area contributed by atoms with Gasteiger partial charge in [0.25, 0.3) is 0 Å². The van der Waals surface area contributed by atoms with E-state index < -0.39 is 23.6 Å². The van der Waals surface area contributed by atoms with Crippen LogP contribution < -0.4 is 5.32 Å². The van der Waals surface area contributed by atoms with Crippen LogP contribution in [-0.2, 0) is 4.74 Å². The average Bonchev–Trinajstić information content (AvgIpc) is 2.26. The molecule has 6 heteroatoms. The largest absolute Gasteiger partial charge is 0.444 e. The lowest BCUT2D eigenvalue weighted by atomic mass is 10.1. The highest BCUT2D eigenvalue weighted by Gasteiger charge is 2.18. The fourth-order valence-corrected chi connectivity index (χ4v) is 1.44. The van der Waals surface area contributed by atoms with Gasteiger partial charge in [0.15, 0.2) is 5.82 Å². The second kappa shape index (κ2) is 5.77. The van der Waals surface area contributed by atoms with Crippen LogP contribution in [-0.4, -0.2) is 11.7 Å². The van der Waals surface area contributed by atoms with Gasteiger partial charge in [0.05, 0.1) is 6.04 Å². The lowest BCUT2D eigenvalue weighted by Crippen LogP contribution is -2.34. The van der Waals surface area contributed by atoms with Crippen molar-refractivity contribution >= 4 is 11.8 Å². The Kier molecular flexibility index (Phi) is 4.58. The number of ether oxygens (including phenoxy) is 1. The second-order valence-corrected chi connectivity index (χ2v) is 5.17. The van der Waals surface area contributed by atoms with E-state index in [-0.39, 0.29) is 5.69 Å². The third-order valence-corrected chi connectivity index (χ3v) is 2.30. The standard InChI is InChI=1S/C13H17FN2O3/c1-8(15-12(17)19-13(2,3)4)9-5-6-10(14)11(7-9)16-18/h5-8H,1-4H3,(H,15,17).